The summed E-state index contributed by atoms with van der Waals surface area (Å²) in [5.41, 5.74) is 1.34. The molecule has 0 aromatic heterocycles. The highest BCUT2D eigenvalue weighted by atomic mass is 79.9. The van der Waals surface area contributed by atoms with E-state index in [1.807, 2.05) is 6.92 Å². The van der Waals surface area contributed by atoms with Crippen LogP contribution in [-0.4, -0.2) is 20.1 Å². The van der Waals surface area contributed by atoms with E-state index in [4.69, 9.17) is 4.74 Å². The second kappa shape index (κ2) is 7.72. The van der Waals surface area contributed by atoms with E-state index in [0.29, 0.717) is 16.6 Å². The third-order valence-corrected chi connectivity index (χ3v) is 5.66. The largest absolute Gasteiger partial charge is 0.503 e. The van der Waals surface area contributed by atoms with E-state index in [1.165, 1.54) is 30.3 Å². The van der Waals surface area contributed by atoms with Gasteiger partial charge in [0.05, 0.1) is 16.0 Å². The summed E-state index contributed by atoms with van der Waals surface area (Å²) in [7, 11) is -3.93. The number of benzene rings is 2. The normalized spacial score (nSPS) is 11.8. The lowest BCUT2D eigenvalue weighted by Gasteiger charge is -2.09. The van der Waals surface area contributed by atoms with Crippen molar-refractivity contribution in [2.24, 2.45) is 0 Å². The van der Waals surface area contributed by atoms with E-state index in [2.05, 4.69) is 15.9 Å². The highest BCUT2D eigenvalue weighted by Crippen LogP contribution is 2.36. The molecule has 0 aliphatic heterocycles. The zero-order valence-electron chi connectivity index (χ0n) is 13.7. The molecule has 0 spiro atoms. The maximum absolute atomic E-state index is 12.7. The van der Waals surface area contributed by atoms with E-state index in [1.54, 1.807) is 25.1 Å². The molecule has 0 amide bonds. The Balaban J connectivity index is 2.54. The van der Waals surface area contributed by atoms with Gasteiger partial charge in [-0.25, -0.2) is 8.42 Å². The van der Waals surface area contributed by atoms with Gasteiger partial charge in [-0.05, 0) is 65.7 Å². The molecule has 0 fully saturated rings. The van der Waals surface area contributed by atoms with Crippen LogP contribution in [0.3, 0.4) is 0 Å². The van der Waals surface area contributed by atoms with Crippen molar-refractivity contribution in [1.29, 1.82) is 5.26 Å². The minimum Gasteiger partial charge on any atom is -0.503 e. The van der Waals surface area contributed by atoms with Gasteiger partial charge in [-0.15, -0.1) is 0 Å². The lowest BCUT2D eigenvalue weighted by molar-refractivity contribution is 0.317. The molecule has 2 aromatic rings. The van der Waals surface area contributed by atoms with Crippen molar-refractivity contribution in [3.63, 3.8) is 0 Å². The molecule has 7 heteroatoms. The first-order chi connectivity index (χ1) is 11.8. The van der Waals surface area contributed by atoms with Crippen LogP contribution in [0.25, 0.3) is 6.08 Å². The lowest BCUT2D eigenvalue weighted by Crippen LogP contribution is -2.03. The summed E-state index contributed by atoms with van der Waals surface area (Å²) < 4.78 is 31.0. The van der Waals surface area contributed by atoms with Crippen LogP contribution in [0.2, 0.25) is 0 Å². The third kappa shape index (κ3) is 4.21. The van der Waals surface area contributed by atoms with Crippen LogP contribution >= 0.6 is 15.9 Å². The average molecular weight is 422 g/mol. The van der Waals surface area contributed by atoms with Gasteiger partial charge >= 0.3 is 0 Å². The Morgan fingerprint density at radius 3 is 2.52 bits per heavy atom. The molecular formula is C18H16BrNO4S. The van der Waals surface area contributed by atoms with E-state index in [9.17, 15) is 18.8 Å². The molecule has 2 aromatic carbocycles. The highest BCUT2D eigenvalue weighted by Gasteiger charge is 2.21. The first-order valence-electron chi connectivity index (χ1n) is 7.38. The van der Waals surface area contributed by atoms with Crippen molar-refractivity contribution in [2.45, 2.75) is 18.7 Å². The molecule has 0 bridgehead atoms. The van der Waals surface area contributed by atoms with Crippen LogP contribution in [0.15, 0.2) is 50.7 Å². The number of aryl methyl sites for hydroxylation is 1. The van der Waals surface area contributed by atoms with Gasteiger partial charge in [0.25, 0.3) is 0 Å². The molecule has 1 N–H and O–H groups in total. The number of ether oxygens (including phenoxy) is 1. The summed E-state index contributed by atoms with van der Waals surface area (Å²) in [6.45, 7) is 3.94. The fourth-order valence-electron chi connectivity index (χ4n) is 2.11. The fraction of sp³-hybridized carbons (Fsp3) is 0.167. The molecular weight excluding hydrogens is 406 g/mol. The monoisotopic (exact) mass is 421 g/mol. The summed E-state index contributed by atoms with van der Waals surface area (Å²) in [4.78, 5) is -0.342. The van der Waals surface area contributed by atoms with Gasteiger partial charge in [0.1, 0.15) is 11.0 Å². The van der Waals surface area contributed by atoms with Crippen LogP contribution < -0.4 is 4.74 Å². The smallest absolute Gasteiger partial charge is 0.216 e. The quantitative estimate of drug-likeness (QED) is 0.730. The standard InChI is InChI=1S/C18H16BrNO4S/c1-3-24-17-10-13(9-16(19)18(17)21)8-15(11-20)25(22,23)14-6-4-12(2)5-7-14/h4-10,21H,3H2,1-2H3/b15-8+. The first kappa shape index (κ1) is 19.0. The van der Waals surface area contributed by atoms with Gasteiger partial charge < -0.3 is 9.84 Å². The molecule has 0 atom stereocenters. The SMILES string of the molecule is CCOc1cc(/C=C(\C#N)S(=O)(=O)c2ccc(C)cc2)cc(Br)c1O. The highest BCUT2D eigenvalue weighted by molar-refractivity contribution is 9.10. The van der Waals surface area contributed by atoms with Crippen molar-refractivity contribution in [3.8, 4) is 17.6 Å². The lowest BCUT2D eigenvalue weighted by atomic mass is 10.2. The average Bonchev–Trinajstić information content (AvgIpc) is 2.57. The summed E-state index contributed by atoms with van der Waals surface area (Å²) >= 11 is 3.19. The van der Waals surface area contributed by atoms with Crippen LogP contribution in [0.1, 0.15) is 18.1 Å². The van der Waals surface area contributed by atoms with Gasteiger partial charge in [-0.2, -0.15) is 5.26 Å². The van der Waals surface area contributed by atoms with E-state index >= 15 is 0 Å². The molecule has 130 valence electrons. The predicted octanol–water partition coefficient (Wildman–Crippen LogP) is 4.20. The second-order valence-electron chi connectivity index (χ2n) is 5.22. The number of hydrogen-bond acceptors (Lipinski definition) is 5. The Hall–Kier alpha value is -2.30. The molecule has 0 saturated heterocycles. The van der Waals surface area contributed by atoms with Crippen LogP contribution in [-0.2, 0) is 9.84 Å². The van der Waals surface area contributed by atoms with Gasteiger partial charge in [-0.3, -0.25) is 0 Å². The minimum atomic E-state index is -3.93. The number of halogens is 1. The van der Waals surface area contributed by atoms with Crippen LogP contribution in [0, 0.1) is 18.3 Å². The predicted molar refractivity (Wildman–Crippen MR) is 98.9 cm³/mol. The van der Waals surface area contributed by atoms with Crippen molar-refractivity contribution in [2.75, 3.05) is 6.61 Å². The van der Waals surface area contributed by atoms with Gasteiger partial charge in [0.2, 0.25) is 9.84 Å². The van der Waals surface area contributed by atoms with Crippen LogP contribution in [0.5, 0.6) is 11.5 Å². The molecule has 0 aliphatic rings. The molecule has 0 heterocycles. The molecule has 25 heavy (non-hydrogen) atoms. The molecule has 0 saturated carbocycles. The van der Waals surface area contributed by atoms with Crippen molar-refractivity contribution >= 4 is 31.8 Å². The molecule has 5 nitrogen and oxygen atoms in total. The van der Waals surface area contributed by atoms with Gasteiger partial charge in [0.15, 0.2) is 11.5 Å². The number of nitriles is 1. The first-order valence-corrected chi connectivity index (χ1v) is 9.66. The zero-order chi connectivity index (χ0) is 18.6. The topological polar surface area (TPSA) is 87.4 Å². The maximum atomic E-state index is 12.7. The number of allylic oxidation sites excluding steroid dienone is 1. The second-order valence-corrected chi connectivity index (χ2v) is 7.99. The van der Waals surface area contributed by atoms with E-state index in [0.717, 1.165) is 5.56 Å². The molecule has 0 aliphatic carbocycles. The van der Waals surface area contributed by atoms with E-state index < -0.39 is 14.7 Å². The van der Waals surface area contributed by atoms with Crippen LogP contribution in [0.4, 0.5) is 0 Å². The Kier molecular flexibility index (Phi) is 5.88. The Bertz CT molecular complexity index is 958. The number of nitrogens with zero attached hydrogens (tertiary/aromatic N) is 1. The summed E-state index contributed by atoms with van der Waals surface area (Å²) in [6.07, 6.45) is 1.25. The number of sulfone groups is 1. The van der Waals surface area contributed by atoms with Gasteiger partial charge in [0, 0.05) is 0 Å². The number of aromatic hydroxyl groups is 1. The number of hydrogen-bond donors (Lipinski definition) is 1. The molecule has 0 unspecified atom stereocenters. The molecule has 0 radical (unpaired) electrons. The van der Waals surface area contributed by atoms with Crippen molar-refractivity contribution in [1.82, 2.24) is 0 Å². The van der Waals surface area contributed by atoms with E-state index in [-0.39, 0.29) is 16.4 Å². The molecule has 2 rings (SSSR count). The summed E-state index contributed by atoms with van der Waals surface area (Å²) in [5, 5.41) is 19.3. The zero-order valence-corrected chi connectivity index (χ0v) is 16.1. The number of rotatable bonds is 5. The van der Waals surface area contributed by atoms with Crippen molar-refractivity contribution < 1.29 is 18.3 Å². The Morgan fingerprint density at radius 1 is 1.32 bits per heavy atom. The summed E-state index contributed by atoms with van der Waals surface area (Å²) in [6, 6.07) is 11.0. The minimum absolute atomic E-state index is 0.0498. The Labute approximate surface area is 155 Å². The van der Waals surface area contributed by atoms with Gasteiger partial charge in [-0.1, -0.05) is 17.7 Å². The number of phenols is 1. The summed E-state index contributed by atoms with van der Waals surface area (Å²) in [5.74, 6) is 0.118. The fourth-order valence-corrected chi connectivity index (χ4v) is 3.73. The van der Waals surface area contributed by atoms with Crippen molar-refractivity contribution in [3.05, 3.63) is 56.9 Å². The third-order valence-electron chi connectivity index (χ3n) is 3.38. The Morgan fingerprint density at radius 2 is 1.96 bits per heavy atom. The number of phenolic OH excluding ortho intramolecular Hbond substituents is 1. The maximum Gasteiger partial charge on any atom is 0.216 e.